The molecule has 4 rings (SSSR count). The maximum Gasteiger partial charge on any atom is 0.243 e. The van der Waals surface area contributed by atoms with Crippen LogP contribution in [0.5, 0.6) is 11.5 Å². The van der Waals surface area contributed by atoms with Crippen molar-refractivity contribution in [1.29, 1.82) is 0 Å². The number of anilines is 2. The van der Waals surface area contributed by atoms with Gasteiger partial charge in [-0.25, -0.2) is 0 Å². The summed E-state index contributed by atoms with van der Waals surface area (Å²) in [5, 5.41) is 5.32. The number of terminal acetylenes is 1. The summed E-state index contributed by atoms with van der Waals surface area (Å²) in [5.41, 5.74) is 2.13. The number of ether oxygens (including phenoxy) is 2. The van der Waals surface area contributed by atoms with Crippen LogP contribution in [-0.4, -0.2) is 25.7 Å². The van der Waals surface area contributed by atoms with Gasteiger partial charge in [0.05, 0.1) is 37.0 Å². The van der Waals surface area contributed by atoms with E-state index in [4.69, 9.17) is 27.5 Å². The van der Waals surface area contributed by atoms with Gasteiger partial charge in [0.15, 0.2) is 11.5 Å². The van der Waals surface area contributed by atoms with Gasteiger partial charge < -0.3 is 19.7 Å². The minimum atomic E-state index is -0.195. The molecule has 1 aliphatic heterocycles. The molecular weight excluding hydrogens is 432 g/mol. The lowest BCUT2D eigenvalue weighted by Gasteiger charge is -2.24. The molecule has 0 spiro atoms. The molecule has 158 valence electrons. The molecule has 1 aromatic heterocycles. The van der Waals surface area contributed by atoms with Crippen molar-refractivity contribution >= 4 is 40.2 Å². The first-order valence-corrected chi connectivity index (χ1v) is 11.1. The van der Waals surface area contributed by atoms with Crippen LogP contribution in [0.2, 0.25) is 5.02 Å². The van der Waals surface area contributed by atoms with Crippen molar-refractivity contribution in [3.63, 3.8) is 0 Å². The Morgan fingerprint density at radius 3 is 2.71 bits per heavy atom. The van der Waals surface area contributed by atoms with Crippen LogP contribution in [0.1, 0.15) is 16.9 Å². The van der Waals surface area contributed by atoms with E-state index < -0.39 is 0 Å². The molecule has 0 aliphatic carbocycles. The van der Waals surface area contributed by atoms with Gasteiger partial charge in [0.1, 0.15) is 0 Å². The van der Waals surface area contributed by atoms with Crippen molar-refractivity contribution < 1.29 is 14.3 Å². The number of hydrogen-bond donors (Lipinski definition) is 1. The molecule has 0 radical (unpaired) electrons. The molecule has 0 saturated carbocycles. The summed E-state index contributed by atoms with van der Waals surface area (Å²) in [6, 6.07) is 15.0. The molecule has 2 heterocycles. The molecule has 0 saturated heterocycles. The summed E-state index contributed by atoms with van der Waals surface area (Å²) in [6.45, 7) is 1.86. The number of nitrogens with zero attached hydrogens (tertiary/aromatic N) is 1. The third-order valence-electron chi connectivity index (χ3n) is 4.75. The minimum absolute atomic E-state index is 0.136. The minimum Gasteiger partial charge on any atom is -0.490 e. The van der Waals surface area contributed by atoms with Crippen molar-refractivity contribution in [1.82, 2.24) is 0 Å². The van der Waals surface area contributed by atoms with Crippen molar-refractivity contribution in [3.05, 3.63) is 69.4 Å². The summed E-state index contributed by atoms with van der Waals surface area (Å²) in [7, 11) is 0. The molecule has 1 aliphatic rings. The first-order valence-electron chi connectivity index (χ1n) is 9.85. The molecule has 31 heavy (non-hydrogen) atoms. The second kappa shape index (κ2) is 9.78. The Morgan fingerprint density at radius 1 is 1.16 bits per heavy atom. The first-order chi connectivity index (χ1) is 15.1. The van der Waals surface area contributed by atoms with E-state index in [9.17, 15) is 4.79 Å². The lowest BCUT2D eigenvalue weighted by atomic mass is 10.2. The van der Waals surface area contributed by atoms with E-state index in [1.54, 1.807) is 23.5 Å². The van der Waals surface area contributed by atoms with Gasteiger partial charge in [0.2, 0.25) is 5.91 Å². The predicted molar refractivity (Wildman–Crippen MR) is 125 cm³/mol. The largest absolute Gasteiger partial charge is 0.490 e. The van der Waals surface area contributed by atoms with E-state index in [0.717, 1.165) is 22.5 Å². The fraction of sp³-hybridized carbons (Fsp3) is 0.208. The van der Waals surface area contributed by atoms with E-state index in [0.29, 0.717) is 42.0 Å². The molecule has 3 aromatic rings. The fourth-order valence-electron chi connectivity index (χ4n) is 3.26. The van der Waals surface area contributed by atoms with Gasteiger partial charge in [-0.05, 0) is 29.6 Å². The maximum atomic E-state index is 12.9. The number of hydrogen-bond acceptors (Lipinski definition) is 5. The van der Waals surface area contributed by atoms with Gasteiger partial charge in [-0.1, -0.05) is 29.7 Å². The number of carbonyl (C=O) groups is 1. The van der Waals surface area contributed by atoms with E-state index in [1.807, 2.05) is 46.7 Å². The topological polar surface area (TPSA) is 50.8 Å². The van der Waals surface area contributed by atoms with Crippen molar-refractivity contribution in [2.24, 2.45) is 0 Å². The Hall–Kier alpha value is -3.14. The van der Waals surface area contributed by atoms with Crippen LogP contribution in [0.25, 0.3) is 0 Å². The van der Waals surface area contributed by atoms with Crippen molar-refractivity contribution in [3.8, 4) is 23.8 Å². The Labute approximate surface area is 190 Å². The highest BCUT2D eigenvalue weighted by Crippen LogP contribution is 2.37. The maximum absolute atomic E-state index is 12.9. The van der Waals surface area contributed by atoms with Crippen molar-refractivity contribution in [2.75, 3.05) is 30.0 Å². The van der Waals surface area contributed by atoms with Crippen LogP contribution in [0.3, 0.4) is 0 Å². The predicted octanol–water partition coefficient (Wildman–Crippen LogP) is 5.19. The average molecular weight is 453 g/mol. The van der Waals surface area contributed by atoms with E-state index in [2.05, 4.69) is 11.2 Å². The average Bonchev–Trinajstić information content (AvgIpc) is 3.18. The number of fused-ring (bicyclic) bond motifs is 1. The molecule has 7 heteroatoms. The zero-order valence-electron chi connectivity index (χ0n) is 16.8. The molecule has 0 unspecified atom stereocenters. The van der Waals surface area contributed by atoms with Gasteiger partial charge >= 0.3 is 0 Å². The molecule has 1 N–H and O–H groups in total. The Kier molecular flexibility index (Phi) is 6.66. The Morgan fingerprint density at radius 2 is 1.97 bits per heavy atom. The molecule has 5 nitrogen and oxygen atoms in total. The van der Waals surface area contributed by atoms with Gasteiger partial charge in [0.25, 0.3) is 0 Å². The molecule has 1 amide bonds. The number of carbonyl (C=O) groups excluding carboxylic acids is 1. The second-order valence-corrected chi connectivity index (χ2v) is 8.45. The number of benzene rings is 2. The summed E-state index contributed by atoms with van der Waals surface area (Å²) >= 11 is 8.02. The van der Waals surface area contributed by atoms with Crippen LogP contribution < -0.4 is 19.7 Å². The number of halogens is 1. The van der Waals surface area contributed by atoms with E-state index in [1.165, 1.54) is 0 Å². The summed E-state index contributed by atoms with van der Waals surface area (Å²) in [4.78, 5) is 16.1. The van der Waals surface area contributed by atoms with Gasteiger partial charge in [0, 0.05) is 34.7 Å². The molecule has 2 aromatic carbocycles. The van der Waals surface area contributed by atoms with Crippen molar-refractivity contribution in [2.45, 2.75) is 13.0 Å². The fourth-order valence-corrected chi connectivity index (χ4v) is 4.18. The highest BCUT2D eigenvalue weighted by atomic mass is 35.5. The second-order valence-electron chi connectivity index (χ2n) is 7.01. The zero-order valence-corrected chi connectivity index (χ0v) is 18.3. The molecule has 0 fully saturated rings. The highest BCUT2D eigenvalue weighted by Gasteiger charge is 2.18. The zero-order chi connectivity index (χ0) is 21.6. The molecule has 0 atom stereocenters. The molecule has 0 bridgehead atoms. The number of thiophene rings is 1. The standard InChI is InChI=1S/C24H21ClN2O3S/c1-2-17-6-3-7-18(12-17)27(15-19-8-4-11-31-19)16-24(28)26-21-14-23-22(13-20(21)25)29-9-5-10-30-23/h1,3-4,6-8,11-14H,5,9-10,15-16H2,(H,26,28). The van der Waals surface area contributed by atoms with Crippen LogP contribution in [-0.2, 0) is 11.3 Å². The third kappa shape index (κ3) is 5.32. The number of nitrogens with one attached hydrogen (secondary N) is 1. The summed E-state index contributed by atoms with van der Waals surface area (Å²) in [5.74, 6) is 3.62. The quantitative estimate of drug-likeness (QED) is 0.523. The summed E-state index contributed by atoms with van der Waals surface area (Å²) < 4.78 is 11.4. The van der Waals surface area contributed by atoms with Crippen LogP contribution in [0.15, 0.2) is 53.9 Å². The first kappa shape index (κ1) is 21.1. The SMILES string of the molecule is C#Cc1cccc(N(CC(=O)Nc2cc3c(cc2Cl)OCCCO3)Cc2cccs2)c1. The lowest BCUT2D eigenvalue weighted by molar-refractivity contribution is -0.115. The van der Waals surface area contributed by atoms with Gasteiger partial charge in [-0.15, -0.1) is 17.8 Å². The van der Waals surface area contributed by atoms with E-state index in [-0.39, 0.29) is 12.5 Å². The van der Waals surface area contributed by atoms with Crippen LogP contribution in [0.4, 0.5) is 11.4 Å². The number of rotatable bonds is 6. The lowest BCUT2D eigenvalue weighted by Crippen LogP contribution is -2.32. The Balaban J connectivity index is 1.53. The van der Waals surface area contributed by atoms with Gasteiger partial charge in [-0.3, -0.25) is 4.79 Å². The smallest absolute Gasteiger partial charge is 0.243 e. The molecular formula is C24H21ClN2O3S. The third-order valence-corrected chi connectivity index (χ3v) is 5.92. The van der Waals surface area contributed by atoms with Crippen LogP contribution >= 0.6 is 22.9 Å². The number of amides is 1. The highest BCUT2D eigenvalue weighted by molar-refractivity contribution is 7.09. The van der Waals surface area contributed by atoms with Gasteiger partial charge in [-0.2, -0.15) is 0 Å². The Bertz CT molecular complexity index is 1110. The van der Waals surface area contributed by atoms with E-state index >= 15 is 0 Å². The summed E-state index contributed by atoms with van der Waals surface area (Å²) in [6.07, 6.45) is 6.35. The van der Waals surface area contributed by atoms with Crippen LogP contribution in [0, 0.1) is 12.3 Å². The normalized spacial score (nSPS) is 12.5. The monoisotopic (exact) mass is 452 g/mol.